The first kappa shape index (κ1) is 15.6. The molecule has 0 amide bonds. The standard InChI is InChI=1S/C9H7F4N3O4/c10-8(11)9(12,13)3-15-6-5(7(17)18)1-4(2-14-6)16(19)20/h1-2,8H,3H2,(H,14,15)(H,17,18). The maximum atomic E-state index is 12.7. The molecule has 0 fully saturated rings. The zero-order valence-electron chi connectivity index (χ0n) is 9.52. The van der Waals surface area contributed by atoms with Crippen LogP contribution in [0.3, 0.4) is 0 Å². The van der Waals surface area contributed by atoms with Crippen LogP contribution in [0.5, 0.6) is 0 Å². The van der Waals surface area contributed by atoms with Crippen LogP contribution in [-0.2, 0) is 0 Å². The van der Waals surface area contributed by atoms with E-state index in [1.54, 1.807) is 5.32 Å². The van der Waals surface area contributed by atoms with Gasteiger partial charge in [-0.3, -0.25) is 10.1 Å². The number of anilines is 1. The van der Waals surface area contributed by atoms with E-state index in [9.17, 15) is 32.5 Å². The molecule has 1 rings (SSSR count). The molecule has 0 aromatic carbocycles. The summed E-state index contributed by atoms with van der Waals surface area (Å²) >= 11 is 0. The molecular weight excluding hydrogens is 290 g/mol. The topological polar surface area (TPSA) is 105 Å². The number of halogens is 4. The first-order valence-electron chi connectivity index (χ1n) is 4.92. The lowest BCUT2D eigenvalue weighted by Crippen LogP contribution is -2.35. The largest absolute Gasteiger partial charge is 0.478 e. The summed E-state index contributed by atoms with van der Waals surface area (Å²) in [5.74, 6) is -6.73. The third kappa shape index (κ3) is 3.52. The summed E-state index contributed by atoms with van der Waals surface area (Å²) in [6, 6.07) is 0.582. The van der Waals surface area contributed by atoms with E-state index in [-0.39, 0.29) is 0 Å². The van der Waals surface area contributed by atoms with Crippen LogP contribution in [0.4, 0.5) is 29.1 Å². The smallest absolute Gasteiger partial charge is 0.339 e. The van der Waals surface area contributed by atoms with Gasteiger partial charge < -0.3 is 10.4 Å². The van der Waals surface area contributed by atoms with Crippen molar-refractivity contribution in [2.75, 3.05) is 11.9 Å². The molecule has 0 aliphatic heterocycles. The third-order valence-corrected chi connectivity index (χ3v) is 2.13. The Morgan fingerprint density at radius 1 is 1.55 bits per heavy atom. The van der Waals surface area contributed by atoms with E-state index >= 15 is 0 Å². The molecule has 1 aromatic rings. The van der Waals surface area contributed by atoms with Gasteiger partial charge in [-0.1, -0.05) is 0 Å². The maximum Gasteiger partial charge on any atom is 0.339 e. The van der Waals surface area contributed by atoms with Crippen molar-refractivity contribution in [2.45, 2.75) is 12.3 Å². The van der Waals surface area contributed by atoms with E-state index in [1.165, 1.54) is 0 Å². The molecule has 0 spiro atoms. The number of nitrogens with one attached hydrogen (secondary N) is 1. The van der Waals surface area contributed by atoms with E-state index in [0.717, 1.165) is 0 Å². The number of hydrogen-bond acceptors (Lipinski definition) is 5. The summed E-state index contributed by atoms with van der Waals surface area (Å²) in [4.78, 5) is 23.6. The second kappa shape index (κ2) is 5.67. The van der Waals surface area contributed by atoms with Crippen molar-refractivity contribution in [1.82, 2.24) is 4.98 Å². The van der Waals surface area contributed by atoms with Gasteiger partial charge >= 0.3 is 18.3 Å². The molecule has 110 valence electrons. The lowest BCUT2D eigenvalue weighted by molar-refractivity contribution is -0.385. The minimum Gasteiger partial charge on any atom is -0.478 e. The molecule has 0 aliphatic rings. The number of nitrogens with zero attached hydrogens (tertiary/aromatic N) is 2. The Morgan fingerprint density at radius 2 is 2.15 bits per heavy atom. The summed E-state index contributed by atoms with van der Waals surface area (Å²) in [5.41, 5.74) is -1.45. The fourth-order valence-electron chi connectivity index (χ4n) is 1.14. The van der Waals surface area contributed by atoms with Crippen molar-refractivity contribution in [3.8, 4) is 0 Å². The third-order valence-electron chi connectivity index (χ3n) is 2.13. The SMILES string of the molecule is O=C(O)c1cc([N+](=O)[O-])cnc1NCC(F)(F)C(F)F. The number of rotatable bonds is 6. The lowest BCUT2D eigenvalue weighted by atomic mass is 10.2. The van der Waals surface area contributed by atoms with Crippen LogP contribution in [0.25, 0.3) is 0 Å². The van der Waals surface area contributed by atoms with E-state index in [0.29, 0.717) is 12.3 Å². The van der Waals surface area contributed by atoms with E-state index in [1.807, 2.05) is 0 Å². The van der Waals surface area contributed by atoms with Crippen LogP contribution >= 0.6 is 0 Å². The summed E-state index contributed by atoms with van der Waals surface area (Å²) in [7, 11) is 0. The zero-order chi connectivity index (χ0) is 15.5. The summed E-state index contributed by atoms with van der Waals surface area (Å²) < 4.78 is 49.2. The van der Waals surface area contributed by atoms with E-state index < -0.39 is 46.9 Å². The maximum absolute atomic E-state index is 12.7. The number of carbonyl (C=O) groups is 1. The van der Waals surface area contributed by atoms with Crippen LogP contribution in [0, 0.1) is 10.1 Å². The van der Waals surface area contributed by atoms with Crippen LogP contribution in [0.1, 0.15) is 10.4 Å². The van der Waals surface area contributed by atoms with Gasteiger partial charge in [0.05, 0.1) is 11.5 Å². The van der Waals surface area contributed by atoms with Crippen LogP contribution in [0.2, 0.25) is 0 Å². The quantitative estimate of drug-likeness (QED) is 0.472. The Balaban J connectivity index is 3.01. The Bertz CT molecular complexity index is 538. The van der Waals surface area contributed by atoms with Gasteiger partial charge in [0, 0.05) is 6.07 Å². The van der Waals surface area contributed by atoms with E-state index in [2.05, 4.69) is 4.98 Å². The van der Waals surface area contributed by atoms with Gasteiger partial charge in [-0.25, -0.2) is 18.6 Å². The lowest BCUT2D eigenvalue weighted by Gasteiger charge is -2.16. The molecular formula is C9H7F4N3O4. The molecule has 0 bridgehead atoms. The predicted octanol–water partition coefficient (Wildman–Crippen LogP) is 2.00. The van der Waals surface area contributed by atoms with Gasteiger partial charge in [-0.05, 0) is 0 Å². The Hall–Kier alpha value is -2.46. The fourth-order valence-corrected chi connectivity index (χ4v) is 1.14. The number of pyridine rings is 1. The zero-order valence-corrected chi connectivity index (χ0v) is 9.52. The molecule has 11 heteroatoms. The first-order valence-corrected chi connectivity index (χ1v) is 4.92. The predicted molar refractivity (Wildman–Crippen MR) is 57.3 cm³/mol. The number of hydrogen-bond donors (Lipinski definition) is 2. The highest BCUT2D eigenvalue weighted by molar-refractivity contribution is 5.93. The molecule has 1 heterocycles. The summed E-state index contributed by atoms with van der Waals surface area (Å²) in [6.07, 6.45) is -3.32. The Morgan fingerprint density at radius 3 is 2.60 bits per heavy atom. The van der Waals surface area contributed by atoms with E-state index in [4.69, 9.17) is 5.11 Å². The molecule has 0 radical (unpaired) electrons. The van der Waals surface area contributed by atoms with Crippen molar-refractivity contribution in [2.24, 2.45) is 0 Å². The molecule has 20 heavy (non-hydrogen) atoms. The first-order chi connectivity index (χ1) is 9.15. The highest BCUT2D eigenvalue weighted by Gasteiger charge is 2.40. The molecule has 7 nitrogen and oxygen atoms in total. The number of carboxylic acids is 1. The number of aromatic carboxylic acids is 1. The molecule has 0 saturated heterocycles. The number of carboxylic acid groups (broad SMARTS) is 1. The minimum absolute atomic E-state index is 0.582. The molecule has 0 unspecified atom stereocenters. The van der Waals surface area contributed by atoms with Crippen molar-refractivity contribution >= 4 is 17.5 Å². The van der Waals surface area contributed by atoms with Crippen LogP contribution in [-0.4, -0.2) is 39.9 Å². The average Bonchev–Trinajstić information content (AvgIpc) is 2.35. The van der Waals surface area contributed by atoms with Crippen LogP contribution < -0.4 is 5.32 Å². The number of alkyl halides is 4. The van der Waals surface area contributed by atoms with Crippen molar-refractivity contribution < 1.29 is 32.4 Å². The highest BCUT2D eigenvalue weighted by atomic mass is 19.3. The fraction of sp³-hybridized carbons (Fsp3) is 0.333. The monoisotopic (exact) mass is 297 g/mol. The molecule has 0 aliphatic carbocycles. The van der Waals surface area contributed by atoms with Crippen molar-refractivity contribution in [3.05, 3.63) is 27.9 Å². The minimum atomic E-state index is -4.39. The molecule has 2 N–H and O–H groups in total. The average molecular weight is 297 g/mol. The van der Waals surface area contributed by atoms with Crippen LogP contribution in [0.15, 0.2) is 12.3 Å². The molecule has 1 aromatic heterocycles. The van der Waals surface area contributed by atoms with Gasteiger partial charge in [0.15, 0.2) is 0 Å². The summed E-state index contributed by atoms with van der Waals surface area (Å²) in [6.45, 7) is -1.56. The Labute approximate surface area is 108 Å². The van der Waals surface area contributed by atoms with Gasteiger partial charge in [-0.15, -0.1) is 0 Å². The van der Waals surface area contributed by atoms with Crippen molar-refractivity contribution in [3.63, 3.8) is 0 Å². The second-order valence-corrected chi connectivity index (χ2v) is 3.57. The van der Waals surface area contributed by atoms with Gasteiger partial charge in [0.2, 0.25) is 0 Å². The second-order valence-electron chi connectivity index (χ2n) is 3.57. The normalized spacial score (nSPS) is 11.4. The molecule has 0 saturated carbocycles. The van der Waals surface area contributed by atoms with Crippen molar-refractivity contribution in [1.29, 1.82) is 0 Å². The highest BCUT2D eigenvalue weighted by Crippen LogP contribution is 2.25. The van der Waals surface area contributed by atoms with Gasteiger partial charge in [0.1, 0.15) is 17.6 Å². The van der Waals surface area contributed by atoms with Gasteiger partial charge in [-0.2, -0.15) is 8.78 Å². The Kier molecular flexibility index (Phi) is 4.42. The number of nitro groups is 1. The summed E-state index contributed by atoms with van der Waals surface area (Å²) in [5, 5.41) is 20.9. The van der Waals surface area contributed by atoms with Gasteiger partial charge in [0.25, 0.3) is 5.69 Å². The molecule has 0 atom stereocenters. The number of aromatic nitrogens is 1.